The Morgan fingerprint density at radius 3 is 2.68 bits per heavy atom. The molecule has 0 aromatic heterocycles. The second kappa shape index (κ2) is 10.0. The van der Waals surface area contributed by atoms with Crippen LogP contribution >= 0.6 is 0 Å². The third kappa shape index (κ3) is 6.36. The van der Waals surface area contributed by atoms with Gasteiger partial charge < -0.3 is 16.2 Å². The second-order valence-corrected chi connectivity index (χ2v) is 6.29. The van der Waals surface area contributed by atoms with Crippen LogP contribution in [0.5, 0.6) is 5.75 Å². The lowest BCUT2D eigenvalue weighted by molar-refractivity contribution is -0.124. The van der Waals surface area contributed by atoms with Gasteiger partial charge in [0.15, 0.2) is 5.66 Å². The van der Waals surface area contributed by atoms with Gasteiger partial charge in [0.1, 0.15) is 5.75 Å². The Morgan fingerprint density at radius 2 is 2.16 bits per heavy atom. The molecular formula is C18H30N4O3. The number of primary amides is 1. The Kier molecular flexibility index (Phi) is 8.37. The van der Waals surface area contributed by atoms with Crippen molar-refractivity contribution in [3.8, 4) is 5.75 Å². The molecule has 0 aliphatic carbocycles. The van der Waals surface area contributed by atoms with Gasteiger partial charge in [-0.15, -0.1) is 0 Å². The van der Waals surface area contributed by atoms with Crippen LogP contribution in [0.15, 0.2) is 18.2 Å². The summed E-state index contributed by atoms with van der Waals surface area (Å²) < 4.78 is 0. The fourth-order valence-corrected chi connectivity index (χ4v) is 2.62. The van der Waals surface area contributed by atoms with Gasteiger partial charge in [0, 0.05) is 12.6 Å². The fourth-order valence-electron chi connectivity index (χ4n) is 2.62. The van der Waals surface area contributed by atoms with Crippen LogP contribution in [0.4, 0.5) is 0 Å². The van der Waals surface area contributed by atoms with Crippen molar-refractivity contribution in [2.24, 2.45) is 5.73 Å². The third-order valence-electron chi connectivity index (χ3n) is 4.21. The van der Waals surface area contributed by atoms with Crippen LogP contribution in [0.3, 0.4) is 0 Å². The van der Waals surface area contributed by atoms with E-state index in [1.165, 1.54) is 0 Å². The van der Waals surface area contributed by atoms with Crippen molar-refractivity contribution in [1.82, 2.24) is 16.0 Å². The van der Waals surface area contributed by atoms with Crippen molar-refractivity contribution < 1.29 is 14.7 Å². The number of carbonyl (C=O) groups is 2. The Morgan fingerprint density at radius 1 is 1.52 bits per heavy atom. The molecule has 1 fully saturated rings. The average molecular weight is 350 g/mol. The lowest BCUT2D eigenvalue weighted by Gasteiger charge is -2.19. The van der Waals surface area contributed by atoms with E-state index in [0.29, 0.717) is 12.3 Å². The van der Waals surface area contributed by atoms with Crippen molar-refractivity contribution >= 4 is 12.3 Å². The molecule has 7 nitrogen and oxygen atoms in total. The van der Waals surface area contributed by atoms with Crippen molar-refractivity contribution in [3.63, 3.8) is 0 Å². The van der Waals surface area contributed by atoms with E-state index in [2.05, 4.69) is 34.7 Å². The number of hydrogen-bond donors (Lipinski definition) is 5. The minimum Gasteiger partial charge on any atom is -0.508 e. The van der Waals surface area contributed by atoms with E-state index in [0.717, 1.165) is 36.8 Å². The standard InChI is InChI=1S/C17H27N3O2.CH3NO/c1-4-5-6-14-10-13(7-8-15(14)21)9-12(2)20-16(22)17(18-3)11-19-17;2-1-3/h7-8,10,12,18-19,21H,4-6,9,11H2,1-3H3,(H,20,22);1H,(H2,2,3). The number of nitrogens with two attached hydrogens (primary N) is 1. The van der Waals surface area contributed by atoms with Gasteiger partial charge in [-0.05, 0) is 50.4 Å². The molecule has 0 spiro atoms. The number of aromatic hydroxyl groups is 1. The fraction of sp³-hybridized carbons (Fsp3) is 0.556. The number of amides is 2. The molecular weight excluding hydrogens is 320 g/mol. The SMILES string of the molecule is CCCCc1cc(CC(C)NC(=O)C2(NC)CN2)ccc1O.NC=O. The van der Waals surface area contributed by atoms with Gasteiger partial charge in [-0.3, -0.25) is 20.2 Å². The molecule has 140 valence electrons. The van der Waals surface area contributed by atoms with Crippen LogP contribution in [-0.2, 0) is 22.4 Å². The van der Waals surface area contributed by atoms with E-state index in [-0.39, 0.29) is 18.4 Å². The van der Waals surface area contributed by atoms with Gasteiger partial charge in [0.25, 0.3) is 5.91 Å². The number of carbonyl (C=O) groups excluding carboxylic acids is 2. The highest BCUT2D eigenvalue weighted by atomic mass is 16.3. The largest absolute Gasteiger partial charge is 0.508 e. The van der Waals surface area contributed by atoms with E-state index in [4.69, 9.17) is 4.79 Å². The highest BCUT2D eigenvalue weighted by molar-refractivity contribution is 5.89. The van der Waals surface area contributed by atoms with E-state index >= 15 is 0 Å². The summed E-state index contributed by atoms with van der Waals surface area (Å²) in [5.41, 5.74) is 5.72. The quantitative estimate of drug-likeness (QED) is 0.343. The first kappa shape index (κ1) is 20.9. The predicted molar refractivity (Wildman–Crippen MR) is 98.1 cm³/mol. The number of nitrogens with one attached hydrogen (secondary N) is 3. The summed E-state index contributed by atoms with van der Waals surface area (Å²) in [4.78, 5) is 20.7. The summed E-state index contributed by atoms with van der Waals surface area (Å²) in [6.45, 7) is 4.81. The van der Waals surface area contributed by atoms with Gasteiger partial charge in [-0.25, -0.2) is 0 Å². The molecule has 1 aliphatic heterocycles. The Balaban J connectivity index is 0.000000970. The number of benzene rings is 1. The first-order valence-corrected chi connectivity index (χ1v) is 8.63. The minimum absolute atomic E-state index is 0.00696. The molecule has 1 aromatic carbocycles. The predicted octanol–water partition coefficient (Wildman–Crippen LogP) is 0.402. The van der Waals surface area contributed by atoms with E-state index in [9.17, 15) is 9.90 Å². The summed E-state index contributed by atoms with van der Waals surface area (Å²) in [5.74, 6) is 0.359. The lowest BCUT2D eigenvalue weighted by Crippen LogP contribution is -2.51. The average Bonchev–Trinajstić information content (AvgIpc) is 3.37. The Bertz CT molecular complexity index is 573. The van der Waals surface area contributed by atoms with Crippen molar-refractivity contribution in [3.05, 3.63) is 29.3 Å². The van der Waals surface area contributed by atoms with Crippen molar-refractivity contribution in [1.29, 1.82) is 0 Å². The van der Waals surface area contributed by atoms with E-state index in [1.807, 2.05) is 13.0 Å². The number of hydrogen-bond acceptors (Lipinski definition) is 5. The molecule has 0 radical (unpaired) electrons. The molecule has 1 aromatic rings. The summed E-state index contributed by atoms with van der Waals surface area (Å²) >= 11 is 0. The molecule has 0 saturated carbocycles. The summed E-state index contributed by atoms with van der Waals surface area (Å²) in [6.07, 6.45) is 4.07. The number of phenolic OH excluding ortho intramolecular Hbond substituents is 1. The van der Waals surface area contributed by atoms with Crippen molar-refractivity contribution in [2.45, 2.75) is 51.2 Å². The maximum atomic E-state index is 12.1. The molecule has 2 atom stereocenters. The highest BCUT2D eigenvalue weighted by Crippen LogP contribution is 2.21. The maximum Gasteiger partial charge on any atom is 0.256 e. The Hall–Kier alpha value is -2.12. The van der Waals surface area contributed by atoms with Crippen LogP contribution in [0.2, 0.25) is 0 Å². The second-order valence-electron chi connectivity index (χ2n) is 6.29. The molecule has 1 saturated heterocycles. The first-order valence-electron chi connectivity index (χ1n) is 8.63. The van der Waals surface area contributed by atoms with E-state index in [1.54, 1.807) is 13.1 Å². The molecule has 7 heteroatoms. The normalized spacial score (nSPS) is 19.3. The van der Waals surface area contributed by atoms with Crippen LogP contribution in [0, 0.1) is 0 Å². The number of rotatable bonds is 8. The summed E-state index contributed by atoms with van der Waals surface area (Å²) in [6, 6.07) is 5.78. The molecule has 2 amide bonds. The minimum atomic E-state index is -0.574. The zero-order valence-corrected chi connectivity index (χ0v) is 15.3. The molecule has 2 rings (SSSR count). The van der Waals surface area contributed by atoms with Crippen LogP contribution in [-0.4, -0.2) is 42.7 Å². The third-order valence-corrected chi connectivity index (χ3v) is 4.21. The van der Waals surface area contributed by atoms with Crippen LogP contribution in [0.1, 0.15) is 37.8 Å². The molecule has 1 heterocycles. The molecule has 25 heavy (non-hydrogen) atoms. The number of unbranched alkanes of at least 4 members (excludes halogenated alkanes) is 1. The van der Waals surface area contributed by atoms with Gasteiger partial charge in [0.05, 0.1) is 0 Å². The zero-order valence-electron chi connectivity index (χ0n) is 15.3. The van der Waals surface area contributed by atoms with Gasteiger partial charge >= 0.3 is 0 Å². The van der Waals surface area contributed by atoms with Gasteiger partial charge in [0.2, 0.25) is 6.41 Å². The van der Waals surface area contributed by atoms with Crippen LogP contribution in [0.25, 0.3) is 0 Å². The number of likely N-dealkylation sites (N-methyl/N-ethyl adjacent to an activating group) is 1. The first-order chi connectivity index (χ1) is 11.9. The lowest BCUT2D eigenvalue weighted by atomic mass is 10.0. The van der Waals surface area contributed by atoms with Crippen molar-refractivity contribution in [2.75, 3.05) is 13.6 Å². The van der Waals surface area contributed by atoms with E-state index < -0.39 is 5.66 Å². The highest BCUT2D eigenvalue weighted by Gasteiger charge is 2.48. The monoisotopic (exact) mass is 350 g/mol. The molecule has 0 bridgehead atoms. The Labute approximate surface area is 149 Å². The number of aryl methyl sites for hydroxylation is 1. The summed E-state index contributed by atoms with van der Waals surface area (Å²) in [7, 11) is 1.78. The maximum absolute atomic E-state index is 12.1. The zero-order chi connectivity index (χ0) is 18.9. The molecule has 6 N–H and O–H groups in total. The smallest absolute Gasteiger partial charge is 0.256 e. The van der Waals surface area contributed by atoms with Gasteiger partial charge in [-0.2, -0.15) is 0 Å². The van der Waals surface area contributed by atoms with Crippen LogP contribution < -0.4 is 21.7 Å². The number of phenols is 1. The molecule has 1 aliphatic rings. The summed E-state index contributed by atoms with van der Waals surface area (Å²) in [5, 5.41) is 19.0. The van der Waals surface area contributed by atoms with Gasteiger partial charge in [-0.1, -0.05) is 25.5 Å². The molecule has 2 unspecified atom stereocenters. The topological polar surface area (TPSA) is 126 Å².